The number of hydrogen-bond donors (Lipinski definition) is 3. The molecule has 5 nitrogen and oxygen atoms in total. The monoisotopic (exact) mass is 512 g/mol. The van der Waals surface area contributed by atoms with Crippen LogP contribution in [-0.4, -0.2) is 11.2 Å². The molecule has 4 N–H and O–H groups in total. The molecule has 0 saturated heterocycles. The molecule has 0 radical (unpaired) electrons. The van der Waals surface area contributed by atoms with Gasteiger partial charge in [0.1, 0.15) is 5.60 Å². The number of fused-ring (bicyclic) bond motifs is 1. The van der Waals surface area contributed by atoms with Crippen molar-refractivity contribution in [2.75, 3.05) is 11.1 Å². The number of halogens is 2. The van der Waals surface area contributed by atoms with E-state index in [1.165, 1.54) is 0 Å². The average molecular weight is 513 g/mol. The lowest BCUT2D eigenvalue weighted by molar-refractivity contribution is 0.0714. The Balaban J connectivity index is 0.000000192. The van der Waals surface area contributed by atoms with Gasteiger partial charge in [-0.15, -0.1) is 0 Å². The number of carbonyl (C=O) groups is 1. The lowest BCUT2D eigenvalue weighted by atomic mass is 9.93. The zero-order chi connectivity index (χ0) is 24.5. The fourth-order valence-corrected chi connectivity index (χ4v) is 3.79. The van der Waals surface area contributed by atoms with Crippen molar-refractivity contribution in [1.82, 2.24) is 0 Å². The first-order valence-corrected chi connectivity index (χ1v) is 11.9. The van der Waals surface area contributed by atoms with E-state index in [-0.39, 0.29) is 7.43 Å². The Morgan fingerprint density at radius 2 is 1.69 bits per heavy atom. The van der Waals surface area contributed by atoms with E-state index in [2.05, 4.69) is 29.0 Å². The maximum Gasteiger partial charge on any atom is 0.413 e. The summed E-state index contributed by atoms with van der Waals surface area (Å²) in [7, 11) is 0. The number of benzene rings is 2. The molecule has 3 aliphatic rings. The van der Waals surface area contributed by atoms with Crippen LogP contribution in [-0.2, 0) is 15.9 Å². The van der Waals surface area contributed by atoms with Gasteiger partial charge >= 0.3 is 6.09 Å². The third kappa shape index (κ3) is 6.86. The number of hydrogen-bond acceptors (Lipinski definition) is 4. The minimum absolute atomic E-state index is 0. The highest BCUT2D eigenvalue weighted by molar-refractivity contribution is 6.31. The smallest absolute Gasteiger partial charge is 0.413 e. The molecule has 2 fully saturated rings. The molecule has 2 aromatic carbocycles. The SMILES string of the molecule is C.C[C@@]1(C#CC2CC2)OC(=O)Nc2ccc(Cl)cc21.C[C@](O)(C#CC1CC1)c1cc(Cl)ccc1N. The Hall–Kier alpha value is -2.83. The third-order valence-corrected chi connectivity index (χ3v) is 6.23. The standard InChI is InChI=1S/C14H12ClNO2.C13H14ClNO.CH4/c1-14(7-6-9-2-3-9)11-8-10(15)4-5-12(11)16-13(17)18-14;1-13(16,7-6-9-2-3-9)11-8-10(14)4-5-12(11)15;/h4-5,8-9H,2-3H2,1H3,(H,16,17);4-5,8-9,16H,2-3,15H2,1H3;1H4/t14-;13-;/m00./s1. The van der Waals surface area contributed by atoms with E-state index >= 15 is 0 Å². The van der Waals surface area contributed by atoms with Crippen molar-refractivity contribution in [3.05, 3.63) is 57.6 Å². The fraction of sp³-hybridized carbons (Fsp3) is 0.393. The summed E-state index contributed by atoms with van der Waals surface area (Å²) in [6.45, 7) is 3.45. The Bertz CT molecular complexity index is 1240. The van der Waals surface area contributed by atoms with Gasteiger partial charge in [0, 0.05) is 38.7 Å². The fourth-order valence-electron chi connectivity index (χ4n) is 3.44. The van der Waals surface area contributed by atoms with Gasteiger partial charge in [0.05, 0.1) is 5.69 Å². The number of cyclic esters (lactones) is 1. The molecule has 2 saturated carbocycles. The number of ether oxygens (including phenoxy) is 1. The molecule has 0 unspecified atom stereocenters. The minimum atomic E-state index is -1.22. The molecule has 184 valence electrons. The van der Waals surface area contributed by atoms with Gasteiger partial charge in [0.15, 0.2) is 5.60 Å². The van der Waals surface area contributed by atoms with Crippen molar-refractivity contribution in [2.45, 2.75) is 58.2 Å². The lowest BCUT2D eigenvalue weighted by Gasteiger charge is -2.31. The van der Waals surface area contributed by atoms with Crippen LogP contribution in [0.5, 0.6) is 0 Å². The van der Waals surface area contributed by atoms with E-state index in [1.807, 2.05) is 0 Å². The normalized spacial score (nSPS) is 21.5. The van der Waals surface area contributed by atoms with Gasteiger partial charge in [-0.1, -0.05) is 54.3 Å². The van der Waals surface area contributed by atoms with Crippen LogP contribution in [0.2, 0.25) is 10.0 Å². The van der Waals surface area contributed by atoms with Crippen molar-refractivity contribution < 1.29 is 14.6 Å². The molecule has 0 bridgehead atoms. The summed E-state index contributed by atoms with van der Waals surface area (Å²) < 4.78 is 5.35. The predicted octanol–water partition coefficient (Wildman–Crippen LogP) is 6.71. The molecule has 1 heterocycles. The highest BCUT2D eigenvalue weighted by Gasteiger charge is 2.37. The molecule has 2 aromatic rings. The average Bonchev–Trinajstić information content (AvgIpc) is 3.68. The van der Waals surface area contributed by atoms with Gasteiger partial charge < -0.3 is 15.6 Å². The molecule has 2 atom stereocenters. The van der Waals surface area contributed by atoms with Crippen LogP contribution in [0, 0.1) is 35.5 Å². The second-order valence-corrected chi connectivity index (χ2v) is 10.0. The first-order valence-electron chi connectivity index (χ1n) is 11.2. The first kappa shape index (κ1) is 26.8. The Labute approximate surface area is 217 Å². The summed E-state index contributed by atoms with van der Waals surface area (Å²) in [6.07, 6.45) is 4.06. The molecule has 1 amide bonds. The van der Waals surface area contributed by atoms with Crippen LogP contribution in [0.3, 0.4) is 0 Å². The summed E-state index contributed by atoms with van der Waals surface area (Å²) in [4.78, 5) is 11.6. The maximum atomic E-state index is 11.6. The molecular weight excluding hydrogens is 483 g/mol. The van der Waals surface area contributed by atoms with E-state index in [4.69, 9.17) is 33.7 Å². The maximum absolute atomic E-state index is 11.6. The molecule has 35 heavy (non-hydrogen) atoms. The number of anilines is 2. The summed E-state index contributed by atoms with van der Waals surface area (Å²) in [6, 6.07) is 10.3. The van der Waals surface area contributed by atoms with Gasteiger partial charge in [-0.3, -0.25) is 5.32 Å². The highest BCUT2D eigenvalue weighted by Crippen LogP contribution is 2.38. The molecule has 0 spiro atoms. The molecule has 7 heteroatoms. The van der Waals surface area contributed by atoms with Gasteiger partial charge in [0.25, 0.3) is 0 Å². The largest absolute Gasteiger partial charge is 0.425 e. The van der Waals surface area contributed by atoms with Crippen molar-refractivity contribution in [1.29, 1.82) is 0 Å². The van der Waals surface area contributed by atoms with Crippen LogP contribution in [0.4, 0.5) is 16.2 Å². The van der Waals surface area contributed by atoms with Crippen molar-refractivity contribution in [3.8, 4) is 23.7 Å². The molecule has 2 aliphatic carbocycles. The Kier molecular flexibility index (Phi) is 7.97. The van der Waals surface area contributed by atoms with E-state index in [0.717, 1.165) is 31.2 Å². The second-order valence-electron chi connectivity index (χ2n) is 9.13. The summed E-state index contributed by atoms with van der Waals surface area (Å²) in [5.74, 6) is 13.1. The highest BCUT2D eigenvalue weighted by atomic mass is 35.5. The number of rotatable bonds is 1. The van der Waals surface area contributed by atoms with E-state index < -0.39 is 17.3 Å². The number of amides is 1. The molecule has 1 aliphatic heterocycles. The van der Waals surface area contributed by atoms with Crippen LogP contribution < -0.4 is 11.1 Å². The number of nitrogens with two attached hydrogens (primary N) is 1. The van der Waals surface area contributed by atoms with E-state index in [1.54, 1.807) is 50.2 Å². The summed E-state index contributed by atoms with van der Waals surface area (Å²) in [5.41, 5.74) is 6.28. The van der Waals surface area contributed by atoms with E-state index in [0.29, 0.717) is 38.8 Å². The van der Waals surface area contributed by atoms with Gasteiger partial charge in [-0.05, 0) is 75.9 Å². The number of nitrogens with one attached hydrogen (secondary N) is 1. The minimum Gasteiger partial charge on any atom is -0.425 e. The van der Waals surface area contributed by atoms with Gasteiger partial charge in [0.2, 0.25) is 0 Å². The van der Waals surface area contributed by atoms with Crippen LogP contribution in [0.1, 0.15) is 58.1 Å². The van der Waals surface area contributed by atoms with Crippen molar-refractivity contribution in [3.63, 3.8) is 0 Å². The van der Waals surface area contributed by atoms with Crippen molar-refractivity contribution >= 4 is 40.7 Å². The number of carbonyl (C=O) groups excluding carboxylic acids is 1. The van der Waals surface area contributed by atoms with E-state index in [9.17, 15) is 9.90 Å². The predicted molar refractivity (Wildman–Crippen MR) is 142 cm³/mol. The molecule has 5 rings (SSSR count). The molecule has 0 aromatic heterocycles. The Morgan fingerprint density at radius 3 is 2.34 bits per heavy atom. The first-order chi connectivity index (χ1) is 16.1. The summed E-state index contributed by atoms with van der Waals surface area (Å²) in [5, 5.41) is 14.1. The number of aliphatic hydroxyl groups is 1. The molecular formula is C28H30Cl2N2O3. The van der Waals surface area contributed by atoms with Gasteiger partial charge in [-0.2, -0.15) is 0 Å². The topological polar surface area (TPSA) is 84.6 Å². The zero-order valence-electron chi connectivity index (χ0n) is 19.0. The lowest BCUT2D eigenvalue weighted by Crippen LogP contribution is -2.36. The number of nitrogen functional groups attached to an aromatic ring is 1. The van der Waals surface area contributed by atoms with Crippen LogP contribution >= 0.6 is 23.2 Å². The summed E-state index contributed by atoms with van der Waals surface area (Å²) >= 11 is 11.9. The third-order valence-electron chi connectivity index (χ3n) is 5.76. The van der Waals surface area contributed by atoms with Gasteiger partial charge in [-0.25, -0.2) is 4.79 Å². The van der Waals surface area contributed by atoms with Crippen molar-refractivity contribution in [2.24, 2.45) is 11.8 Å². The Morgan fingerprint density at radius 1 is 1.09 bits per heavy atom. The second kappa shape index (κ2) is 10.4. The van der Waals surface area contributed by atoms with Crippen LogP contribution in [0.25, 0.3) is 0 Å². The quantitative estimate of drug-likeness (QED) is 0.292. The van der Waals surface area contributed by atoms with Crippen LogP contribution in [0.15, 0.2) is 36.4 Å². The zero-order valence-corrected chi connectivity index (χ0v) is 20.6.